The number of sulfonamides is 1. The fourth-order valence-corrected chi connectivity index (χ4v) is 4.49. The molecule has 1 aliphatic rings. The quantitative estimate of drug-likeness (QED) is 0.615. The Labute approximate surface area is 189 Å². The predicted octanol–water partition coefficient (Wildman–Crippen LogP) is 3.76. The van der Waals surface area contributed by atoms with E-state index in [4.69, 9.17) is 0 Å². The highest BCUT2D eigenvalue weighted by molar-refractivity contribution is 7.91. The molecule has 2 aromatic heterocycles. The van der Waals surface area contributed by atoms with E-state index in [0.717, 1.165) is 10.7 Å². The van der Waals surface area contributed by atoms with Crippen LogP contribution in [0.3, 0.4) is 0 Å². The van der Waals surface area contributed by atoms with Crippen molar-refractivity contribution < 1.29 is 26.4 Å². The topological polar surface area (TPSA) is 83.8 Å². The molecule has 1 saturated heterocycles. The Bertz CT molecular complexity index is 1330. The standard InChI is InChI=1S/C22H23F3N4O3S/c1-22(2,3)33(31,32)27-21(30)16-11-26-29-8-7-17(19(25)20(16)29)28-12-15(24)10-18(28)13-5-4-6-14(23)9-13/h4-9,11,15,18H,10,12H2,1-3H3,(H,27,30). The minimum Gasteiger partial charge on any atom is -0.359 e. The first-order valence-corrected chi connectivity index (χ1v) is 11.8. The van der Waals surface area contributed by atoms with Crippen LogP contribution in [-0.4, -0.2) is 41.4 Å². The smallest absolute Gasteiger partial charge is 0.268 e. The van der Waals surface area contributed by atoms with Crippen LogP contribution in [0.25, 0.3) is 5.52 Å². The summed E-state index contributed by atoms with van der Waals surface area (Å²) in [5.41, 5.74) is -0.0165. The van der Waals surface area contributed by atoms with Crippen molar-refractivity contribution in [2.24, 2.45) is 0 Å². The number of hydrogen-bond acceptors (Lipinski definition) is 5. The van der Waals surface area contributed by atoms with Gasteiger partial charge in [-0.3, -0.25) is 4.79 Å². The van der Waals surface area contributed by atoms with Crippen molar-refractivity contribution in [1.29, 1.82) is 0 Å². The number of amides is 1. The molecule has 4 rings (SSSR count). The largest absolute Gasteiger partial charge is 0.359 e. The fraction of sp³-hybridized carbons (Fsp3) is 0.364. The highest BCUT2D eigenvalue weighted by atomic mass is 32.2. The van der Waals surface area contributed by atoms with E-state index in [0.29, 0.717) is 5.56 Å². The lowest BCUT2D eigenvalue weighted by Gasteiger charge is -2.27. The van der Waals surface area contributed by atoms with Crippen LogP contribution in [0.1, 0.15) is 49.2 Å². The second kappa shape index (κ2) is 8.05. The van der Waals surface area contributed by atoms with Crippen molar-refractivity contribution in [2.45, 2.75) is 44.2 Å². The molecule has 0 spiro atoms. The van der Waals surface area contributed by atoms with E-state index >= 15 is 4.39 Å². The number of anilines is 1. The van der Waals surface area contributed by atoms with Crippen LogP contribution < -0.4 is 9.62 Å². The van der Waals surface area contributed by atoms with Crippen LogP contribution in [0.15, 0.2) is 42.7 Å². The highest BCUT2D eigenvalue weighted by Crippen LogP contribution is 2.39. The molecule has 33 heavy (non-hydrogen) atoms. The molecule has 176 valence electrons. The third-order valence-corrected chi connectivity index (χ3v) is 7.74. The number of hydrogen-bond donors (Lipinski definition) is 1. The molecule has 3 heterocycles. The molecule has 11 heteroatoms. The van der Waals surface area contributed by atoms with Gasteiger partial charge in [0.2, 0.25) is 10.0 Å². The predicted molar refractivity (Wildman–Crippen MR) is 117 cm³/mol. The summed E-state index contributed by atoms with van der Waals surface area (Å²) >= 11 is 0. The lowest BCUT2D eigenvalue weighted by molar-refractivity contribution is 0.0982. The molecule has 2 unspecified atom stereocenters. The van der Waals surface area contributed by atoms with E-state index in [9.17, 15) is 22.0 Å². The second-order valence-electron chi connectivity index (χ2n) is 8.97. The zero-order valence-corrected chi connectivity index (χ0v) is 19.0. The summed E-state index contributed by atoms with van der Waals surface area (Å²) in [6, 6.07) is 6.47. The first kappa shape index (κ1) is 23.1. The van der Waals surface area contributed by atoms with Gasteiger partial charge in [0.05, 0.1) is 28.2 Å². The number of aromatic nitrogens is 2. The van der Waals surface area contributed by atoms with Crippen molar-refractivity contribution in [3.05, 3.63) is 65.5 Å². The molecule has 3 aromatic rings. The van der Waals surface area contributed by atoms with Gasteiger partial charge >= 0.3 is 0 Å². The number of alkyl halides is 1. The SMILES string of the molecule is CC(C)(C)S(=O)(=O)NC(=O)c1cnn2ccc(N3CC(F)CC3c3cccc(F)c3)c(F)c12. The lowest BCUT2D eigenvalue weighted by atomic mass is 10.0. The van der Waals surface area contributed by atoms with Gasteiger partial charge < -0.3 is 4.90 Å². The Morgan fingerprint density at radius 3 is 2.61 bits per heavy atom. The van der Waals surface area contributed by atoms with Crippen molar-refractivity contribution >= 4 is 27.1 Å². The van der Waals surface area contributed by atoms with E-state index < -0.39 is 44.5 Å². The van der Waals surface area contributed by atoms with Crippen molar-refractivity contribution in [3.8, 4) is 0 Å². The molecule has 7 nitrogen and oxygen atoms in total. The Hall–Kier alpha value is -3.08. The summed E-state index contributed by atoms with van der Waals surface area (Å²) in [5, 5.41) is 3.94. The van der Waals surface area contributed by atoms with E-state index in [1.807, 2.05) is 4.72 Å². The Morgan fingerprint density at radius 1 is 1.21 bits per heavy atom. The molecule has 1 aliphatic heterocycles. The van der Waals surface area contributed by atoms with Crippen LogP contribution in [-0.2, 0) is 10.0 Å². The van der Waals surface area contributed by atoms with Crippen LogP contribution in [0.2, 0.25) is 0 Å². The minimum atomic E-state index is -4.04. The molecular formula is C22H23F3N4O3S. The maximum atomic E-state index is 15.7. The van der Waals surface area contributed by atoms with Crippen LogP contribution in [0.5, 0.6) is 0 Å². The molecular weight excluding hydrogens is 457 g/mol. The number of nitrogens with zero attached hydrogens (tertiary/aromatic N) is 3. The van der Waals surface area contributed by atoms with E-state index in [1.165, 1.54) is 56.1 Å². The Morgan fingerprint density at radius 2 is 1.94 bits per heavy atom. The third kappa shape index (κ3) is 4.17. The molecule has 1 fully saturated rings. The van der Waals surface area contributed by atoms with Gasteiger partial charge in [-0.05, 0) is 44.5 Å². The second-order valence-corrected chi connectivity index (χ2v) is 11.4. The Kier molecular flexibility index (Phi) is 5.63. The molecule has 1 N–H and O–H groups in total. The summed E-state index contributed by atoms with van der Waals surface area (Å²) in [6.07, 6.45) is 1.25. The zero-order chi connectivity index (χ0) is 24.1. The van der Waals surface area contributed by atoms with Crippen molar-refractivity contribution in [3.63, 3.8) is 0 Å². The molecule has 0 radical (unpaired) electrons. The van der Waals surface area contributed by atoms with Gasteiger partial charge in [-0.2, -0.15) is 5.10 Å². The minimum absolute atomic E-state index is 0.00476. The number of carbonyl (C=O) groups is 1. The molecule has 1 aromatic carbocycles. The maximum Gasteiger partial charge on any atom is 0.268 e. The summed E-state index contributed by atoms with van der Waals surface area (Å²) in [7, 11) is -4.04. The molecule has 0 saturated carbocycles. The number of carbonyl (C=O) groups excluding carboxylic acids is 1. The number of rotatable bonds is 4. The summed E-state index contributed by atoms with van der Waals surface area (Å²) in [5.74, 6) is -2.37. The normalized spacial score (nSPS) is 19.3. The molecule has 1 amide bonds. The van der Waals surface area contributed by atoms with Gasteiger partial charge in [0, 0.05) is 19.2 Å². The average molecular weight is 481 g/mol. The first-order chi connectivity index (χ1) is 15.4. The number of fused-ring (bicyclic) bond motifs is 1. The zero-order valence-electron chi connectivity index (χ0n) is 18.2. The number of benzene rings is 1. The van der Waals surface area contributed by atoms with Gasteiger partial charge in [0.25, 0.3) is 5.91 Å². The third-order valence-electron chi connectivity index (χ3n) is 5.67. The molecule has 0 aliphatic carbocycles. The Balaban J connectivity index is 1.76. The number of pyridine rings is 1. The fourth-order valence-electron chi connectivity index (χ4n) is 3.83. The van der Waals surface area contributed by atoms with Gasteiger partial charge in [0.1, 0.15) is 17.5 Å². The molecule has 0 bridgehead atoms. The first-order valence-electron chi connectivity index (χ1n) is 10.3. The summed E-state index contributed by atoms with van der Waals surface area (Å²) < 4.78 is 70.4. The van der Waals surface area contributed by atoms with Crippen LogP contribution in [0.4, 0.5) is 18.9 Å². The number of halogens is 3. The number of nitrogens with one attached hydrogen (secondary N) is 1. The van der Waals surface area contributed by atoms with E-state index in [1.54, 1.807) is 6.07 Å². The van der Waals surface area contributed by atoms with Gasteiger partial charge in [-0.15, -0.1) is 0 Å². The highest BCUT2D eigenvalue weighted by Gasteiger charge is 2.36. The van der Waals surface area contributed by atoms with E-state index in [-0.39, 0.29) is 29.7 Å². The molecule has 2 atom stereocenters. The van der Waals surface area contributed by atoms with Crippen LogP contribution >= 0.6 is 0 Å². The van der Waals surface area contributed by atoms with E-state index in [2.05, 4.69) is 5.10 Å². The van der Waals surface area contributed by atoms with Crippen molar-refractivity contribution in [2.75, 3.05) is 11.4 Å². The summed E-state index contributed by atoms with van der Waals surface area (Å²) in [4.78, 5) is 14.2. The lowest BCUT2D eigenvalue weighted by Crippen LogP contribution is -2.42. The van der Waals surface area contributed by atoms with Gasteiger partial charge in [-0.1, -0.05) is 12.1 Å². The van der Waals surface area contributed by atoms with Crippen LogP contribution in [0, 0.1) is 11.6 Å². The average Bonchev–Trinajstić information content (AvgIpc) is 3.31. The van der Waals surface area contributed by atoms with Gasteiger partial charge in [0.15, 0.2) is 5.82 Å². The van der Waals surface area contributed by atoms with Crippen molar-refractivity contribution in [1.82, 2.24) is 14.3 Å². The summed E-state index contributed by atoms with van der Waals surface area (Å²) in [6.45, 7) is 4.14. The van der Waals surface area contributed by atoms with Gasteiger partial charge in [-0.25, -0.2) is 30.8 Å². The monoisotopic (exact) mass is 480 g/mol. The maximum absolute atomic E-state index is 15.7.